The monoisotopic (exact) mass is 258 g/mol. The summed E-state index contributed by atoms with van der Waals surface area (Å²) in [7, 11) is 0. The Hall–Kier alpha value is -1.56. The molecule has 0 aliphatic carbocycles. The van der Waals surface area contributed by atoms with Crippen LogP contribution < -0.4 is 0 Å². The van der Waals surface area contributed by atoms with Gasteiger partial charge in [0.25, 0.3) is 0 Å². The van der Waals surface area contributed by atoms with E-state index in [1.54, 1.807) is 6.08 Å². The number of allylic oxidation sites excluding steroid dienone is 5. The van der Waals surface area contributed by atoms with E-state index in [1.807, 2.05) is 32.1 Å². The van der Waals surface area contributed by atoms with Crippen LogP contribution in [-0.2, 0) is 6.42 Å². The zero-order chi connectivity index (χ0) is 15.1. The highest BCUT2D eigenvalue weighted by Crippen LogP contribution is 2.03. The van der Waals surface area contributed by atoms with Crippen molar-refractivity contribution in [1.29, 1.82) is 0 Å². The van der Waals surface area contributed by atoms with Crippen molar-refractivity contribution in [3.05, 3.63) is 71.8 Å². The summed E-state index contributed by atoms with van der Waals surface area (Å²) >= 11 is 0. The molecule has 1 aromatic rings. The minimum Gasteiger partial charge on any atom is -0.0991 e. The minimum absolute atomic E-state index is 1.14. The van der Waals surface area contributed by atoms with E-state index in [2.05, 4.69) is 58.5 Å². The maximum Gasteiger partial charge on any atom is -0.0307 e. The summed E-state index contributed by atoms with van der Waals surface area (Å²) in [6, 6.07) is 8.61. The van der Waals surface area contributed by atoms with Gasteiger partial charge in [-0.3, -0.25) is 0 Å². The van der Waals surface area contributed by atoms with E-state index in [9.17, 15) is 0 Å². The summed E-state index contributed by atoms with van der Waals surface area (Å²) in [5.74, 6) is 0. The smallest absolute Gasteiger partial charge is 0.0307 e. The summed E-state index contributed by atoms with van der Waals surface area (Å²) in [4.78, 5) is 0. The van der Waals surface area contributed by atoms with Gasteiger partial charge in [-0.1, -0.05) is 87.1 Å². The molecule has 0 heteroatoms. The molecular formula is C19H30. The SMILES string of the molecule is C=C/C=C\C=C(C)C.CC.CCc1cccc(C)c1. The summed E-state index contributed by atoms with van der Waals surface area (Å²) < 4.78 is 0. The third-order valence-electron chi connectivity index (χ3n) is 2.17. The van der Waals surface area contributed by atoms with E-state index in [4.69, 9.17) is 0 Å². The van der Waals surface area contributed by atoms with Crippen LogP contribution in [0.1, 0.15) is 45.7 Å². The van der Waals surface area contributed by atoms with Gasteiger partial charge in [0.15, 0.2) is 0 Å². The Labute approximate surface area is 120 Å². The van der Waals surface area contributed by atoms with Gasteiger partial charge in [-0.25, -0.2) is 0 Å². The lowest BCUT2D eigenvalue weighted by Crippen LogP contribution is -1.78. The van der Waals surface area contributed by atoms with Gasteiger partial charge in [0, 0.05) is 0 Å². The van der Waals surface area contributed by atoms with Crippen molar-refractivity contribution in [3.63, 3.8) is 0 Å². The molecule has 0 fully saturated rings. The fourth-order valence-electron chi connectivity index (χ4n) is 1.26. The minimum atomic E-state index is 1.14. The molecule has 0 heterocycles. The predicted molar refractivity (Wildman–Crippen MR) is 90.7 cm³/mol. The van der Waals surface area contributed by atoms with Gasteiger partial charge in [-0.2, -0.15) is 0 Å². The van der Waals surface area contributed by atoms with Crippen molar-refractivity contribution in [3.8, 4) is 0 Å². The molecule has 0 amide bonds. The van der Waals surface area contributed by atoms with Gasteiger partial charge in [0.1, 0.15) is 0 Å². The number of aryl methyl sites for hydroxylation is 2. The Balaban J connectivity index is 0. The molecule has 19 heavy (non-hydrogen) atoms. The fourth-order valence-corrected chi connectivity index (χ4v) is 1.26. The molecule has 0 saturated carbocycles. The highest BCUT2D eigenvalue weighted by Gasteiger charge is 1.85. The second kappa shape index (κ2) is 14.5. The molecular weight excluding hydrogens is 228 g/mol. The second-order valence-corrected chi connectivity index (χ2v) is 4.21. The average Bonchev–Trinajstić information content (AvgIpc) is 2.42. The highest BCUT2D eigenvalue weighted by molar-refractivity contribution is 5.21. The molecule has 0 spiro atoms. The van der Waals surface area contributed by atoms with Gasteiger partial charge in [0.05, 0.1) is 0 Å². The molecule has 0 aliphatic rings. The molecule has 0 unspecified atom stereocenters. The topological polar surface area (TPSA) is 0 Å². The Kier molecular flexibility index (Phi) is 15.1. The molecule has 106 valence electrons. The summed E-state index contributed by atoms with van der Waals surface area (Å²) in [5.41, 5.74) is 4.09. The van der Waals surface area contributed by atoms with Crippen molar-refractivity contribution < 1.29 is 0 Å². The third-order valence-corrected chi connectivity index (χ3v) is 2.17. The number of rotatable bonds is 3. The maximum absolute atomic E-state index is 3.54. The molecule has 0 aromatic heterocycles. The molecule has 0 nitrogen and oxygen atoms in total. The molecule has 0 bridgehead atoms. The lowest BCUT2D eigenvalue weighted by atomic mass is 10.1. The van der Waals surface area contributed by atoms with Crippen molar-refractivity contribution in [1.82, 2.24) is 0 Å². The lowest BCUT2D eigenvalue weighted by Gasteiger charge is -1.95. The van der Waals surface area contributed by atoms with Gasteiger partial charge < -0.3 is 0 Å². The lowest BCUT2D eigenvalue weighted by molar-refractivity contribution is 1.13. The first-order valence-electron chi connectivity index (χ1n) is 7.08. The van der Waals surface area contributed by atoms with Crippen LogP contribution in [0.5, 0.6) is 0 Å². The van der Waals surface area contributed by atoms with Crippen LogP contribution in [0.15, 0.2) is 60.7 Å². The van der Waals surface area contributed by atoms with Crippen LogP contribution in [0.2, 0.25) is 0 Å². The Morgan fingerprint density at radius 1 is 1.16 bits per heavy atom. The van der Waals surface area contributed by atoms with Gasteiger partial charge >= 0.3 is 0 Å². The predicted octanol–water partition coefficient (Wildman–Crippen LogP) is 6.28. The van der Waals surface area contributed by atoms with Crippen LogP contribution >= 0.6 is 0 Å². The Morgan fingerprint density at radius 3 is 2.16 bits per heavy atom. The maximum atomic E-state index is 3.54. The molecule has 1 rings (SSSR count). The molecule has 0 radical (unpaired) electrons. The fraction of sp³-hybridized carbons (Fsp3) is 0.368. The summed E-state index contributed by atoms with van der Waals surface area (Å²) in [6.45, 7) is 16.0. The molecule has 0 N–H and O–H groups in total. The Morgan fingerprint density at radius 2 is 1.79 bits per heavy atom. The van der Waals surface area contributed by atoms with E-state index in [0.717, 1.165) is 6.42 Å². The first kappa shape index (κ1) is 19.8. The number of hydrogen-bond acceptors (Lipinski definition) is 0. The normalized spacial score (nSPS) is 8.74. The van der Waals surface area contributed by atoms with Crippen LogP contribution in [0, 0.1) is 6.92 Å². The molecule has 0 atom stereocenters. The van der Waals surface area contributed by atoms with Gasteiger partial charge in [-0.15, -0.1) is 0 Å². The van der Waals surface area contributed by atoms with E-state index in [0.29, 0.717) is 0 Å². The molecule has 0 aliphatic heterocycles. The van der Waals surface area contributed by atoms with Crippen LogP contribution in [0.3, 0.4) is 0 Å². The summed E-state index contributed by atoms with van der Waals surface area (Å²) in [6.07, 6.45) is 8.83. The summed E-state index contributed by atoms with van der Waals surface area (Å²) in [5, 5.41) is 0. The van der Waals surface area contributed by atoms with Crippen LogP contribution in [-0.4, -0.2) is 0 Å². The first-order chi connectivity index (χ1) is 9.10. The third kappa shape index (κ3) is 14.4. The van der Waals surface area contributed by atoms with Crippen molar-refractivity contribution >= 4 is 0 Å². The Bertz CT molecular complexity index is 377. The van der Waals surface area contributed by atoms with E-state index < -0.39 is 0 Å². The van der Waals surface area contributed by atoms with E-state index in [-0.39, 0.29) is 0 Å². The molecule has 1 aromatic carbocycles. The van der Waals surface area contributed by atoms with Gasteiger partial charge in [0.2, 0.25) is 0 Å². The van der Waals surface area contributed by atoms with E-state index >= 15 is 0 Å². The van der Waals surface area contributed by atoms with Crippen molar-refractivity contribution in [2.24, 2.45) is 0 Å². The quantitative estimate of drug-likeness (QED) is 0.560. The van der Waals surface area contributed by atoms with Crippen molar-refractivity contribution in [2.75, 3.05) is 0 Å². The average molecular weight is 258 g/mol. The van der Waals surface area contributed by atoms with Crippen molar-refractivity contribution in [2.45, 2.75) is 48.0 Å². The zero-order valence-corrected chi connectivity index (χ0v) is 13.5. The van der Waals surface area contributed by atoms with E-state index in [1.165, 1.54) is 16.7 Å². The number of benzene rings is 1. The highest BCUT2D eigenvalue weighted by atomic mass is 13.9. The van der Waals surface area contributed by atoms with Crippen LogP contribution in [0.25, 0.3) is 0 Å². The first-order valence-corrected chi connectivity index (χ1v) is 7.08. The van der Waals surface area contributed by atoms with Gasteiger partial charge in [-0.05, 0) is 32.8 Å². The number of hydrogen-bond donors (Lipinski definition) is 0. The zero-order valence-electron chi connectivity index (χ0n) is 13.5. The largest absolute Gasteiger partial charge is 0.0991 e. The second-order valence-electron chi connectivity index (χ2n) is 4.21. The van der Waals surface area contributed by atoms with Crippen LogP contribution in [0.4, 0.5) is 0 Å². The standard InChI is InChI=1S/C9H12.C8H12.C2H6/c1-3-9-6-4-5-8(2)7-9;1-4-5-6-7-8(2)3;1-2/h4-7H,3H2,1-2H3;4-7H,1H2,2-3H3;1-2H3/b;6-5-;. The molecule has 0 saturated heterocycles.